The van der Waals surface area contributed by atoms with Crippen LogP contribution in [0.4, 0.5) is 0 Å². The van der Waals surface area contributed by atoms with E-state index in [1.807, 2.05) is 6.92 Å². The Hall–Kier alpha value is -0.570. The standard InChI is InChI=1S/C12H24N2O/c1-10(2)6-9-13-11(15)12(3)7-4-5-8-14-12/h10,14H,4-9H2,1-3H3,(H,13,15). The number of hydrogen-bond donors (Lipinski definition) is 2. The zero-order chi connectivity index (χ0) is 11.3. The van der Waals surface area contributed by atoms with Crippen LogP contribution >= 0.6 is 0 Å². The Morgan fingerprint density at radius 3 is 2.73 bits per heavy atom. The molecule has 3 nitrogen and oxygen atoms in total. The second kappa shape index (κ2) is 5.50. The Labute approximate surface area is 93.0 Å². The lowest BCUT2D eigenvalue weighted by molar-refractivity contribution is -0.127. The van der Waals surface area contributed by atoms with Gasteiger partial charge in [0, 0.05) is 6.54 Å². The molecule has 1 atom stereocenters. The Balaban J connectivity index is 2.31. The largest absolute Gasteiger partial charge is 0.354 e. The quantitative estimate of drug-likeness (QED) is 0.744. The first-order valence-corrected chi connectivity index (χ1v) is 6.08. The fourth-order valence-electron chi connectivity index (χ4n) is 1.92. The SMILES string of the molecule is CC(C)CCNC(=O)C1(C)CCCCN1. The monoisotopic (exact) mass is 212 g/mol. The van der Waals surface area contributed by atoms with Gasteiger partial charge in [-0.25, -0.2) is 0 Å². The third kappa shape index (κ3) is 3.82. The summed E-state index contributed by atoms with van der Waals surface area (Å²) in [5.41, 5.74) is -0.324. The molecule has 15 heavy (non-hydrogen) atoms. The lowest BCUT2D eigenvalue weighted by atomic mass is 9.90. The van der Waals surface area contributed by atoms with Crippen LogP contribution in [-0.4, -0.2) is 24.5 Å². The zero-order valence-electron chi connectivity index (χ0n) is 10.2. The second-order valence-corrected chi connectivity index (χ2v) is 5.15. The van der Waals surface area contributed by atoms with Crippen molar-refractivity contribution in [3.05, 3.63) is 0 Å². The molecule has 3 heteroatoms. The molecule has 1 unspecified atom stereocenters. The molecule has 1 saturated heterocycles. The molecule has 1 rings (SSSR count). The topological polar surface area (TPSA) is 41.1 Å². The molecule has 1 aliphatic heterocycles. The van der Waals surface area contributed by atoms with Crippen molar-refractivity contribution in [1.82, 2.24) is 10.6 Å². The maximum atomic E-state index is 11.9. The molecule has 2 N–H and O–H groups in total. The summed E-state index contributed by atoms with van der Waals surface area (Å²) in [5, 5.41) is 6.34. The predicted molar refractivity (Wildman–Crippen MR) is 62.7 cm³/mol. The van der Waals surface area contributed by atoms with Crippen LogP contribution in [0, 0.1) is 5.92 Å². The van der Waals surface area contributed by atoms with Gasteiger partial charge in [0.2, 0.25) is 5.91 Å². The van der Waals surface area contributed by atoms with Gasteiger partial charge in [-0.1, -0.05) is 13.8 Å². The third-order valence-corrected chi connectivity index (χ3v) is 3.13. The Morgan fingerprint density at radius 1 is 1.47 bits per heavy atom. The minimum atomic E-state index is -0.324. The molecular formula is C12H24N2O. The van der Waals surface area contributed by atoms with E-state index in [1.165, 1.54) is 6.42 Å². The second-order valence-electron chi connectivity index (χ2n) is 5.15. The van der Waals surface area contributed by atoms with Gasteiger partial charge in [0.1, 0.15) is 0 Å². The molecule has 0 aromatic rings. The molecule has 0 aromatic heterocycles. The van der Waals surface area contributed by atoms with Crippen molar-refractivity contribution in [2.75, 3.05) is 13.1 Å². The summed E-state index contributed by atoms with van der Waals surface area (Å²) in [4.78, 5) is 11.9. The van der Waals surface area contributed by atoms with Gasteiger partial charge in [-0.2, -0.15) is 0 Å². The maximum Gasteiger partial charge on any atom is 0.240 e. The van der Waals surface area contributed by atoms with Crippen LogP contribution in [0.3, 0.4) is 0 Å². The van der Waals surface area contributed by atoms with Crippen molar-refractivity contribution in [3.63, 3.8) is 0 Å². The van der Waals surface area contributed by atoms with Gasteiger partial charge in [-0.05, 0) is 45.1 Å². The van der Waals surface area contributed by atoms with Gasteiger partial charge >= 0.3 is 0 Å². The summed E-state index contributed by atoms with van der Waals surface area (Å²) in [5.74, 6) is 0.820. The number of piperidine rings is 1. The van der Waals surface area contributed by atoms with E-state index in [1.54, 1.807) is 0 Å². The van der Waals surface area contributed by atoms with Crippen molar-refractivity contribution >= 4 is 5.91 Å². The molecule has 1 amide bonds. The van der Waals surface area contributed by atoms with Crippen molar-refractivity contribution in [2.45, 2.75) is 52.0 Å². The van der Waals surface area contributed by atoms with Gasteiger partial charge in [-0.15, -0.1) is 0 Å². The highest BCUT2D eigenvalue weighted by atomic mass is 16.2. The Kier molecular flexibility index (Phi) is 4.58. The first-order valence-electron chi connectivity index (χ1n) is 6.08. The van der Waals surface area contributed by atoms with Crippen molar-refractivity contribution in [1.29, 1.82) is 0 Å². The van der Waals surface area contributed by atoms with Gasteiger partial charge in [0.05, 0.1) is 5.54 Å². The number of amides is 1. The van der Waals surface area contributed by atoms with E-state index in [0.717, 1.165) is 32.4 Å². The predicted octanol–water partition coefficient (Wildman–Crippen LogP) is 1.68. The minimum Gasteiger partial charge on any atom is -0.354 e. The van der Waals surface area contributed by atoms with Crippen LogP contribution < -0.4 is 10.6 Å². The molecule has 0 saturated carbocycles. The van der Waals surface area contributed by atoms with E-state index in [9.17, 15) is 4.79 Å². The Morgan fingerprint density at radius 2 is 2.20 bits per heavy atom. The van der Waals surface area contributed by atoms with Gasteiger partial charge in [-0.3, -0.25) is 4.79 Å². The van der Waals surface area contributed by atoms with E-state index < -0.39 is 0 Å². The van der Waals surface area contributed by atoms with E-state index in [-0.39, 0.29) is 11.4 Å². The highest BCUT2D eigenvalue weighted by Crippen LogP contribution is 2.18. The minimum absolute atomic E-state index is 0.169. The molecule has 0 bridgehead atoms. The van der Waals surface area contributed by atoms with E-state index in [2.05, 4.69) is 24.5 Å². The summed E-state index contributed by atoms with van der Waals surface area (Å²) in [6.45, 7) is 8.12. The number of hydrogen-bond acceptors (Lipinski definition) is 2. The molecule has 1 aliphatic rings. The first kappa shape index (κ1) is 12.5. The molecule has 0 spiro atoms. The molecule has 0 aliphatic carbocycles. The average molecular weight is 212 g/mol. The molecule has 1 fully saturated rings. The number of carbonyl (C=O) groups excluding carboxylic acids is 1. The summed E-state index contributed by atoms with van der Waals surface area (Å²) in [6, 6.07) is 0. The lowest BCUT2D eigenvalue weighted by Gasteiger charge is -2.33. The van der Waals surface area contributed by atoms with Crippen molar-refractivity contribution in [2.24, 2.45) is 5.92 Å². The van der Waals surface area contributed by atoms with Crippen molar-refractivity contribution in [3.8, 4) is 0 Å². The summed E-state index contributed by atoms with van der Waals surface area (Å²) in [6.07, 6.45) is 4.36. The van der Waals surface area contributed by atoms with Crippen LogP contribution in [0.25, 0.3) is 0 Å². The summed E-state index contributed by atoms with van der Waals surface area (Å²) in [7, 11) is 0. The lowest BCUT2D eigenvalue weighted by Crippen LogP contribution is -2.57. The molecule has 0 aromatic carbocycles. The highest BCUT2D eigenvalue weighted by Gasteiger charge is 2.33. The first-order chi connectivity index (χ1) is 7.04. The summed E-state index contributed by atoms with van der Waals surface area (Å²) >= 11 is 0. The number of rotatable bonds is 4. The van der Waals surface area contributed by atoms with Gasteiger partial charge in [0.15, 0.2) is 0 Å². The van der Waals surface area contributed by atoms with Crippen LogP contribution in [0.5, 0.6) is 0 Å². The highest BCUT2D eigenvalue weighted by molar-refractivity contribution is 5.85. The maximum absolute atomic E-state index is 11.9. The van der Waals surface area contributed by atoms with E-state index >= 15 is 0 Å². The van der Waals surface area contributed by atoms with Crippen LogP contribution in [0.1, 0.15) is 46.5 Å². The normalized spacial score (nSPS) is 26.7. The van der Waals surface area contributed by atoms with Gasteiger partial charge in [0.25, 0.3) is 0 Å². The number of carbonyl (C=O) groups is 1. The molecule has 88 valence electrons. The third-order valence-electron chi connectivity index (χ3n) is 3.13. The zero-order valence-corrected chi connectivity index (χ0v) is 10.2. The molecule has 0 radical (unpaired) electrons. The Bertz CT molecular complexity index is 208. The smallest absolute Gasteiger partial charge is 0.240 e. The van der Waals surface area contributed by atoms with E-state index in [0.29, 0.717) is 5.92 Å². The molecular weight excluding hydrogens is 188 g/mol. The van der Waals surface area contributed by atoms with Crippen molar-refractivity contribution < 1.29 is 4.79 Å². The fraction of sp³-hybridized carbons (Fsp3) is 0.917. The van der Waals surface area contributed by atoms with Crippen LogP contribution in [-0.2, 0) is 4.79 Å². The molecule has 1 heterocycles. The van der Waals surface area contributed by atoms with E-state index in [4.69, 9.17) is 0 Å². The number of nitrogens with one attached hydrogen (secondary N) is 2. The van der Waals surface area contributed by atoms with Crippen LogP contribution in [0.2, 0.25) is 0 Å². The summed E-state index contributed by atoms with van der Waals surface area (Å²) < 4.78 is 0. The van der Waals surface area contributed by atoms with Crippen LogP contribution in [0.15, 0.2) is 0 Å². The fourth-order valence-corrected chi connectivity index (χ4v) is 1.92. The average Bonchev–Trinajstić information content (AvgIpc) is 2.18. The van der Waals surface area contributed by atoms with Gasteiger partial charge < -0.3 is 10.6 Å².